The van der Waals surface area contributed by atoms with Crippen molar-refractivity contribution >= 4 is 0 Å². The summed E-state index contributed by atoms with van der Waals surface area (Å²) in [6.07, 6.45) is 10.5. The summed E-state index contributed by atoms with van der Waals surface area (Å²) >= 11 is 0. The van der Waals surface area contributed by atoms with E-state index in [0.717, 1.165) is 0 Å². The van der Waals surface area contributed by atoms with Crippen LogP contribution in [0, 0.1) is 0 Å². The fourth-order valence-electron chi connectivity index (χ4n) is 0.938. The van der Waals surface area contributed by atoms with Gasteiger partial charge in [-0.2, -0.15) is 0 Å². The smallest absolute Gasteiger partial charge is 0.0267 e. The quantitative estimate of drug-likeness (QED) is 0.591. The van der Waals surface area contributed by atoms with E-state index >= 15 is 0 Å². The Hall–Kier alpha value is -1.93. The van der Waals surface area contributed by atoms with Gasteiger partial charge in [0, 0.05) is 56.7 Å². The van der Waals surface area contributed by atoms with Crippen molar-refractivity contribution in [3.8, 4) is 0 Å². The van der Waals surface area contributed by atoms with E-state index in [2.05, 4.69) is 15.0 Å². The maximum Gasteiger partial charge on any atom is 0.0267 e. The van der Waals surface area contributed by atoms with Crippen molar-refractivity contribution in [3.63, 3.8) is 0 Å². The number of aromatic nitrogens is 3. The van der Waals surface area contributed by atoms with Gasteiger partial charge in [-0.15, -0.1) is 0 Å². The zero-order valence-electron chi connectivity index (χ0n) is 10.4. The molecule has 3 aromatic rings. The van der Waals surface area contributed by atoms with E-state index < -0.39 is 0 Å². The number of pyridine rings is 3. The van der Waals surface area contributed by atoms with Crippen molar-refractivity contribution in [2.45, 2.75) is 0 Å². The molecule has 0 aromatic carbocycles. The van der Waals surface area contributed by atoms with Crippen LogP contribution in [0.1, 0.15) is 0 Å². The topological polar surface area (TPSA) is 38.7 Å². The van der Waals surface area contributed by atoms with Crippen LogP contribution >= 0.6 is 0 Å². The minimum Gasteiger partial charge on any atom is -0.265 e. The van der Waals surface area contributed by atoms with Crippen LogP contribution in [0.15, 0.2) is 91.8 Å². The summed E-state index contributed by atoms with van der Waals surface area (Å²) < 4.78 is 0. The van der Waals surface area contributed by atoms with Crippen LogP contribution in [0.3, 0.4) is 0 Å². The van der Waals surface area contributed by atoms with Gasteiger partial charge in [-0.1, -0.05) is 18.2 Å². The Kier molecular flexibility index (Phi) is 12.7. The minimum absolute atomic E-state index is 0. The Balaban J connectivity index is 0.000000249. The van der Waals surface area contributed by atoms with Gasteiger partial charge >= 0.3 is 0 Å². The molecule has 3 heterocycles. The van der Waals surface area contributed by atoms with Gasteiger partial charge < -0.3 is 0 Å². The summed E-state index contributed by atoms with van der Waals surface area (Å²) in [5, 5.41) is 0. The SMILES string of the molecule is [Ru].c1ccncc1.c1ccncc1.c1ccncc1. The first-order valence-electron chi connectivity index (χ1n) is 5.55. The largest absolute Gasteiger partial charge is 0.265 e. The minimum atomic E-state index is 0. The fraction of sp³-hybridized carbons (Fsp3) is 0. The fourth-order valence-corrected chi connectivity index (χ4v) is 0.938. The average molecular weight is 338 g/mol. The first kappa shape index (κ1) is 17.1. The summed E-state index contributed by atoms with van der Waals surface area (Å²) in [6, 6.07) is 17.1. The maximum atomic E-state index is 3.78. The molecule has 0 atom stereocenters. The summed E-state index contributed by atoms with van der Waals surface area (Å²) in [6.45, 7) is 0. The van der Waals surface area contributed by atoms with Gasteiger partial charge in [-0.3, -0.25) is 15.0 Å². The Bertz CT molecular complexity index is 308. The Morgan fingerprint density at radius 1 is 0.316 bits per heavy atom. The molecule has 0 radical (unpaired) electrons. The van der Waals surface area contributed by atoms with Crippen LogP contribution < -0.4 is 0 Å². The summed E-state index contributed by atoms with van der Waals surface area (Å²) in [4.78, 5) is 11.4. The summed E-state index contributed by atoms with van der Waals surface area (Å²) in [5.41, 5.74) is 0. The molecule has 0 unspecified atom stereocenters. The normalized spacial score (nSPS) is 7.58. The van der Waals surface area contributed by atoms with E-state index in [1.165, 1.54) is 0 Å². The summed E-state index contributed by atoms with van der Waals surface area (Å²) in [5.74, 6) is 0. The third kappa shape index (κ3) is 12.3. The van der Waals surface area contributed by atoms with Crippen molar-refractivity contribution in [2.24, 2.45) is 0 Å². The standard InChI is InChI=1S/3C5H5N.Ru/c3*1-2-4-6-5-3-1;/h3*1-5H;. The molecule has 0 spiro atoms. The van der Waals surface area contributed by atoms with E-state index in [1.807, 2.05) is 54.6 Å². The molecule has 0 aliphatic carbocycles. The molecule has 0 aliphatic heterocycles. The van der Waals surface area contributed by atoms with Crippen LogP contribution in [0.4, 0.5) is 0 Å². The molecule has 0 aliphatic rings. The third-order valence-electron chi connectivity index (χ3n) is 1.70. The van der Waals surface area contributed by atoms with E-state index in [-0.39, 0.29) is 19.5 Å². The molecule has 4 heteroatoms. The summed E-state index contributed by atoms with van der Waals surface area (Å²) in [7, 11) is 0. The van der Waals surface area contributed by atoms with Gasteiger partial charge in [-0.25, -0.2) is 0 Å². The van der Waals surface area contributed by atoms with Crippen LogP contribution in [-0.4, -0.2) is 15.0 Å². The van der Waals surface area contributed by atoms with Crippen LogP contribution in [0.2, 0.25) is 0 Å². The molecule has 0 N–H and O–H groups in total. The maximum absolute atomic E-state index is 3.78. The van der Waals surface area contributed by atoms with Crippen molar-refractivity contribution in [2.75, 3.05) is 0 Å². The second-order valence-electron chi connectivity index (χ2n) is 3.07. The van der Waals surface area contributed by atoms with Crippen LogP contribution in [0.25, 0.3) is 0 Å². The zero-order valence-corrected chi connectivity index (χ0v) is 12.1. The molecule has 0 amide bonds. The number of hydrogen-bond acceptors (Lipinski definition) is 3. The molecule has 19 heavy (non-hydrogen) atoms. The number of rotatable bonds is 0. The average Bonchev–Trinajstić information content (AvgIpc) is 2.54. The molecular formula is C15H15N3Ru. The van der Waals surface area contributed by atoms with E-state index in [1.54, 1.807) is 37.2 Å². The third-order valence-corrected chi connectivity index (χ3v) is 1.70. The predicted octanol–water partition coefficient (Wildman–Crippen LogP) is 3.24. The second-order valence-corrected chi connectivity index (χ2v) is 3.07. The molecule has 3 rings (SSSR count). The molecule has 3 aromatic heterocycles. The first-order chi connectivity index (χ1) is 9.00. The Morgan fingerprint density at radius 2 is 0.526 bits per heavy atom. The number of hydrogen-bond donors (Lipinski definition) is 0. The molecular weight excluding hydrogens is 323 g/mol. The predicted molar refractivity (Wildman–Crippen MR) is 72.7 cm³/mol. The van der Waals surface area contributed by atoms with Gasteiger partial charge in [0.25, 0.3) is 0 Å². The van der Waals surface area contributed by atoms with Crippen molar-refractivity contribution in [3.05, 3.63) is 91.8 Å². The monoisotopic (exact) mass is 339 g/mol. The second kappa shape index (κ2) is 14.1. The zero-order chi connectivity index (χ0) is 12.7. The Morgan fingerprint density at radius 3 is 0.579 bits per heavy atom. The van der Waals surface area contributed by atoms with Gasteiger partial charge in [0.2, 0.25) is 0 Å². The van der Waals surface area contributed by atoms with Gasteiger partial charge in [0.05, 0.1) is 0 Å². The van der Waals surface area contributed by atoms with E-state index in [0.29, 0.717) is 0 Å². The molecule has 0 saturated heterocycles. The molecule has 0 bridgehead atoms. The molecule has 0 saturated carbocycles. The molecule has 3 nitrogen and oxygen atoms in total. The first-order valence-corrected chi connectivity index (χ1v) is 5.55. The molecule has 98 valence electrons. The van der Waals surface area contributed by atoms with Crippen LogP contribution in [0.5, 0.6) is 0 Å². The van der Waals surface area contributed by atoms with Gasteiger partial charge in [0.15, 0.2) is 0 Å². The van der Waals surface area contributed by atoms with Crippen molar-refractivity contribution < 1.29 is 19.5 Å². The molecule has 0 fully saturated rings. The van der Waals surface area contributed by atoms with E-state index in [4.69, 9.17) is 0 Å². The van der Waals surface area contributed by atoms with Crippen LogP contribution in [-0.2, 0) is 19.5 Å². The van der Waals surface area contributed by atoms with Crippen molar-refractivity contribution in [1.82, 2.24) is 15.0 Å². The van der Waals surface area contributed by atoms with Crippen molar-refractivity contribution in [1.29, 1.82) is 0 Å². The van der Waals surface area contributed by atoms with E-state index in [9.17, 15) is 0 Å². The van der Waals surface area contributed by atoms with Gasteiger partial charge in [-0.05, 0) is 36.4 Å². The van der Waals surface area contributed by atoms with Gasteiger partial charge in [0.1, 0.15) is 0 Å². The number of nitrogens with zero attached hydrogens (tertiary/aromatic N) is 3. The Labute approximate surface area is 126 Å².